The number of likely N-dealkylation sites (N-methyl/N-ethyl adjacent to an activating group) is 2. The summed E-state index contributed by atoms with van der Waals surface area (Å²) >= 11 is 0. The van der Waals surface area contributed by atoms with Gasteiger partial charge in [-0.25, -0.2) is 0 Å². The fraction of sp³-hybridized carbons (Fsp3) is 0.639. The summed E-state index contributed by atoms with van der Waals surface area (Å²) in [5, 5.41) is 27.6. The summed E-state index contributed by atoms with van der Waals surface area (Å²) in [6.45, 7) is 2.89. The monoisotopic (exact) mass is 622 g/mol. The topological polar surface area (TPSA) is 122 Å². The second kappa shape index (κ2) is 20.6. The van der Waals surface area contributed by atoms with Crippen LogP contribution in [0, 0.1) is 36.0 Å². The quantitative estimate of drug-likeness (QED) is 0.187. The Morgan fingerprint density at radius 1 is 1.00 bits per heavy atom. The summed E-state index contributed by atoms with van der Waals surface area (Å²) in [5.74, 6) is 6.74. The van der Waals surface area contributed by atoms with Crippen LogP contribution in [0.2, 0.25) is 0 Å². The van der Waals surface area contributed by atoms with E-state index in [1.165, 1.54) is 6.42 Å². The molecule has 1 fully saturated rings. The molecular formula is C36H54N4O5. The summed E-state index contributed by atoms with van der Waals surface area (Å²) < 4.78 is 0. The zero-order chi connectivity index (χ0) is 33.2. The zero-order valence-electron chi connectivity index (χ0n) is 27.6. The van der Waals surface area contributed by atoms with Gasteiger partial charge in [-0.2, -0.15) is 0 Å². The van der Waals surface area contributed by atoms with Crippen LogP contribution in [0.4, 0.5) is 0 Å². The highest BCUT2D eigenvalue weighted by atomic mass is 16.3. The molecular weight excluding hydrogens is 568 g/mol. The molecule has 248 valence electrons. The maximum Gasteiger partial charge on any atom is 0.243 e. The molecule has 0 radical (unpaired) electrons. The van der Waals surface area contributed by atoms with Crippen molar-refractivity contribution >= 4 is 17.7 Å². The first-order valence-electron chi connectivity index (χ1n) is 16.3. The third-order valence-electron chi connectivity index (χ3n) is 8.57. The van der Waals surface area contributed by atoms with Crippen molar-refractivity contribution < 1.29 is 24.6 Å². The Morgan fingerprint density at radius 2 is 1.69 bits per heavy atom. The van der Waals surface area contributed by atoms with E-state index < -0.39 is 42.0 Å². The van der Waals surface area contributed by atoms with Crippen molar-refractivity contribution in [2.45, 2.75) is 102 Å². The molecule has 3 amide bonds. The highest BCUT2D eigenvalue weighted by Gasteiger charge is 2.34. The SMILES string of the molecule is C#CCCC(O)[C@H](O)C(CC1CCCCC1)NC(=O)[C@H](CC#CC)NC(=O)C(CC(=O)N(C)CCN(C)C)Cc1ccccc1. The average molecular weight is 623 g/mol. The number of carbonyl (C=O) groups is 3. The van der Waals surface area contributed by atoms with Crippen LogP contribution >= 0.6 is 0 Å². The second-order valence-electron chi connectivity index (χ2n) is 12.6. The molecule has 0 saturated heterocycles. The molecule has 9 nitrogen and oxygen atoms in total. The minimum absolute atomic E-state index is 0.0111. The summed E-state index contributed by atoms with van der Waals surface area (Å²) in [5.41, 5.74) is 0.910. The Balaban J connectivity index is 2.25. The predicted molar refractivity (Wildman–Crippen MR) is 178 cm³/mol. The van der Waals surface area contributed by atoms with Crippen LogP contribution < -0.4 is 10.6 Å². The Morgan fingerprint density at radius 3 is 2.31 bits per heavy atom. The van der Waals surface area contributed by atoms with E-state index in [1.807, 2.05) is 49.3 Å². The molecule has 1 saturated carbocycles. The van der Waals surface area contributed by atoms with Crippen molar-refractivity contribution in [3.63, 3.8) is 0 Å². The molecule has 45 heavy (non-hydrogen) atoms. The van der Waals surface area contributed by atoms with Gasteiger partial charge < -0.3 is 30.6 Å². The van der Waals surface area contributed by atoms with Crippen LogP contribution in [0.5, 0.6) is 0 Å². The largest absolute Gasteiger partial charge is 0.390 e. The second-order valence-corrected chi connectivity index (χ2v) is 12.6. The molecule has 0 heterocycles. The third-order valence-corrected chi connectivity index (χ3v) is 8.57. The van der Waals surface area contributed by atoms with Gasteiger partial charge in [0.1, 0.15) is 12.1 Å². The Kier molecular flexibility index (Phi) is 17.3. The normalized spacial score (nSPS) is 16.7. The summed E-state index contributed by atoms with van der Waals surface area (Å²) in [6.07, 6.45) is 9.85. The molecule has 9 heteroatoms. The number of terminal acetylenes is 1. The molecule has 0 bridgehead atoms. The molecule has 2 rings (SSSR count). The molecule has 3 unspecified atom stereocenters. The lowest BCUT2D eigenvalue weighted by Gasteiger charge is -2.33. The number of nitrogens with one attached hydrogen (secondary N) is 2. The molecule has 0 spiro atoms. The predicted octanol–water partition coefficient (Wildman–Crippen LogP) is 2.74. The summed E-state index contributed by atoms with van der Waals surface area (Å²) in [6, 6.07) is 7.77. The lowest BCUT2D eigenvalue weighted by Crippen LogP contribution is -2.56. The summed E-state index contributed by atoms with van der Waals surface area (Å²) in [4.78, 5) is 44.3. The van der Waals surface area contributed by atoms with Gasteiger partial charge in [-0.1, -0.05) is 62.4 Å². The Hall–Kier alpha value is -3.37. The molecule has 0 aliphatic heterocycles. The van der Waals surface area contributed by atoms with Gasteiger partial charge in [0.15, 0.2) is 0 Å². The number of nitrogens with zero attached hydrogens (tertiary/aromatic N) is 2. The van der Waals surface area contributed by atoms with E-state index in [1.54, 1.807) is 18.9 Å². The first-order chi connectivity index (χ1) is 21.5. The number of benzene rings is 1. The lowest BCUT2D eigenvalue weighted by molar-refractivity contribution is -0.136. The Bertz CT molecular complexity index is 1150. The number of amides is 3. The maximum absolute atomic E-state index is 13.8. The number of carbonyl (C=O) groups excluding carboxylic acids is 3. The lowest BCUT2D eigenvalue weighted by atomic mass is 9.82. The van der Waals surface area contributed by atoms with Crippen molar-refractivity contribution in [2.75, 3.05) is 34.2 Å². The van der Waals surface area contributed by atoms with Crippen LogP contribution in [-0.2, 0) is 20.8 Å². The van der Waals surface area contributed by atoms with Crippen LogP contribution in [-0.4, -0.2) is 96.3 Å². The average Bonchev–Trinajstić information content (AvgIpc) is 3.04. The van der Waals surface area contributed by atoms with E-state index in [9.17, 15) is 24.6 Å². The molecule has 1 aliphatic carbocycles. The molecule has 0 aromatic heterocycles. The number of aliphatic hydroxyl groups excluding tert-OH is 2. The number of hydrogen-bond acceptors (Lipinski definition) is 6. The molecule has 4 N–H and O–H groups in total. The van der Waals surface area contributed by atoms with Gasteiger partial charge in [0.05, 0.1) is 18.1 Å². The van der Waals surface area contributed by atoms with Crippen LogP contribution in [0.15, 0.2) is 30.3 Å². The number of aliphatic hydroxyl groups is 2. The minimum atomic E-state index is -1.21. The van der Waals surface area contributed by atoms with E-state index >= 15 is 0 Å². The zero-order valence-corrected chi connectivity index (χ0v) is 27.6. The van der Waals surface area contributed by atoms with Crippen molar-refractivity contribution in [2.24, 2.45) is 11.8 Å². The van der Waals surface area contributed by atoms with Crippen LogP contribution in [0.25, 0.3) is 0 Å². The van der Waals surface area contributed by atoms with Gasteiger partial charge in [0.25, 0.3) is 0 Å². The van der Waals surface area contributed by atoms with E-state index in [-0.39, 0.29) is 25.2 Å². The van der Waals surface area contributed by atoms with Crippen LogP contribution in [0.3, 0.4) is 0 Å². The van der Waals surface area contributed by atoms with Gasteiger partial charge in [0, 0.05) is 39.4 Å². The van der Waals surface area contributed by atoms with E-state index in [2.05, 4.69) is 28.4 Å². The molecule has 1 aromatic rings. The number of rotatable bonds is 18. The fourth-order valence-electron chi connectivity index (χ4n) is 5.72. The molecule has 5 atom stereocenters. The first-order valence-corrected chi connectivity index (χ1v) is 16.3. The van der Waals surface area contributed by atoms with E-state index in [4.69, 9.17) is 6.42 Å². The highest BCUT2D eigenvalue weighted by molar-refractivity contribution is 5.91. The standard InChI is InChI=1S/C36H54N4O5/c1-6-8-20-30(36(45)38-31(25-28-18-14-11-15-19-28)34(43)32(41)21-9-7-2)37-35(44)29(24-27-16-12-10-13-17-27)26-33(42)40(5)23-22-39(3)4/h2,10,12-13,16-17,28-32,34,41,43H,9,11,14-15,18-26H2,1,3-5H3,(H,37,44)(H,38,45)/t29?,30-,31?,32?,34+/m0/s1. The summed E-state index contributed by atoms with van der Waals surface area (Å²) in [7, 11) is 5.60. The number of hydrogen-bond donors (Lipinski definition) is 4. The first kappa shape index (κ1) is 37.8. The fourth-order valence-corrected chi connectivity index (χ4v) is 5.72. The van der Waals surface area contributed by atoms with Gasteiger partial charge in [-0.3, -0.25) is 14.4 Å². The van der Waals surface area contributed by atoms with Gasteiger partial charge >= 0.3 is 0 Å². The van der Waals surface area contributed by atoms with E-state index in [0.29, 0.717) is 38.3 Å². The van der Waals surface area contributed by atoms with Gasteiger partial charge in [-0.05, 0) is 51.8 Å². The maximum atomic E-state index is 13.8. The molecule has 1 aromatic carbocycles. The van der Waals surface area contributed by atoms with Crippen LogP contribution in [0.1, 0.15) is 76.7 Å². The minimum Gasteiger partial charge on any atom is -0.390 e. The van der Waals surface area contributed by atoms with E-state index in [0.717, 1.165) is 31.2 Å². The van der Waals surface area contributed by atoms with Crippen molar-refractivity contribution in [3.05, 3.63) is 35.9 Å². The van der Waals surface area contributed by atoms with Crippen molar-refractivity contribution in [1.82, 2.24) is 20.4 Å². The third kappa shape index (κ3) is 14.1. The van der Waals surface area contributed by atoms with Gasteiger partial charge in [-0.15, -0.1) is 24.2 Å². The van der Waals surface area contributed by atoms with Gasteiger partial charge in [0.2, 0.25) is 17.7 Å². The van der Waals surface area contributed by atoms with Crippen molar-refractivity contribution in [1.29, 1.82) is 0 Å². The Labute approximate surface area is 270 Å². The van der Waals surface area contributed by atoms with Crippen molar-refractivity contribution in [3.8, 4) is 24.2 Å². The highest BCUT2D eigenvalue weighted by Crippen LogP contribution is 2.29. The smallest absolute Gasteiger partial charge is 0.243 e. The molecule has 1 aliphatic rings.